The van der Waals surface area contributed by atoms with Gasteiger partial charge in [-0.25, -0.2) is 4.79 Å². The van der Waals surface area contributed by atoms with Crippen LogP contribution in [0.25, 0.3) is 0 Å². The van der Waals surface area contributed by atoms with Gasteiger partial charge in [0.15, 0.2) is 0 Å². The van der Waals surface area contributed by atoms with E-state index >= 15 is 0 Å². The first-order valence-electron chi connectivity index (χ1n) is 4.72. The van der Waals surface area contributed by atoms with Gasteiger partial charge in [-0.1, -0.05) is 34.6 Å². The summed E-state index contributed by atoms with van der Waals surface area (Å²) < 4.78 is 5.01. The average molecular weight is 187 g/mol. The van der Waals surface area contributed by atoms with Gasteiger partial charge >= 0.3 is 6.09 Å². The SMILES string of the molecule is CC(C)CNC(=O)OCC(C)(C)C. The molecule has 0 aromatic rings. The summed E-state index contributed by atoms with van der Waals surface area (Å²) in [5.74, 6) is 0.460. The number of amides is 1. The zero-order chi connectivity index (χ0) is 10.5. The Morgan fingerprint density at radius 1 is 1.38 bits per heavy atom. The van der Waals surface area contributed by atoms with Crippen molar-refractivity contribution in [3.8, 4) is 0 Å². The minimum atomic E-state index is -0.316. The number of alkyl carbamates (subject to hydrolysis) is 1. The van der Waals surface area contributed by atoms with Gasteiger partial charge in [0, 0.05) is 6.54 Å². The Morgan fingerprint density at radius 3 is 2.31 bits per heavy atom. The van der Waals surface area contributed by atoms with E-state index in [-0.39, 0.29) is 11.5 Å². The Balaban J connectivity index is 3.53. The van der Waals surface area contributed by atoms with Crippen molar-refractivity contribution in [2.24, 2.45) is 11.3 Å². The summed E-state index contributed by atoms with van der Waals surface area (Å²) in [6.45, 7) is 11.3. The van der Waals surface area contributed by atoms with Crippen LogP contribution in [0.5, 0.6) is 0 Å². The monoisotopic (exact) mass is 187 g/mol. The number of rotatable bonds is 3. The first kappa shape index (κ1) is 12.3. The lowest BCUT2D eigenvalue weighted by Gasteiger charge is -2.18. The van der Waals surface area contributed by atoms with Gasteiger partial charge in [-0.05, 0) is 11.3 Å². The van der Waals surface area contributed by atoms with E-state index in [1.807, 2.05) is 34.6 Å². The summed E-state index contributed by atoms with van der Waals surface area (Å²) in [5.41, 5.74) is 0.0369. The maximum atomic E-state index is 11.1. The zero-order valence-electron chi connectivity index (χ0n) is 9.31. The van der Waals surface area contributed by atoms with E-state index < -0.39 is 0 Å². The molecule has 0 aromatic carbocycles. The van der Waals surface area contributed by atoms with Gasteiger partial charge in [0.05, 0.1) is 6.61 Å². The molecule has 13 heavy (non-hydrogen) atoms. The van der Waals surface area contributed by atoms with E-state index in [4.69, 9.17) is 4.74 Å². The minimum absolute atomic E-state index is 0.0369. The second-order valence-electron chi connectivity index (χ2n) is 4.91. The van der Waals surface area contributed by atoms with E-state index in [1.165, 1.54) is 0 Å². The molecule has 1 amide bonds. The molecule has 0 atom stereocenters. The van der Waals surface area contributed by atoms with Crippen LogP contribution in [0.1, 0.15) is 34.6 Å². The molecule has 3 nitrogen and oxygen atoms in total. The van der Waals surface area contributed by atoms with Crippen LogP contribution in [-0.2, 0) is 4.74 Å². The maximum Gasteiger partial charge on any atom is 0.407 e. The third kappa shape index (κ3) is 9.18. The highest BCUT2D eigenvalue weighted by atomic mass is 16.5. The number of hydrogen-bond acceptors (Lipinski definition) is 2. The Bertz CT molecular complexity index is 159. The summed E-state index contributed by atoms with van der Waals surface area (Å²) in [5, 5.41) is 2.69. The number of ether oxygens (including phenoxy) is 1. The molecule has 0 aliphatic rings. The van der Waals surface area contributed by atoms with Gasteiger partial charge in [0.25, 0.3) is 0 Å². The number of carbonyl (C=O) groups is 1. The van der Waals surface area contributed by atoms with Crippen LogP contribution in [0.3, 0.4) is 0 Å². The molecule has 0 spiro atoms. The first-order chi connectivity index (χ1) is 5.81. The highest BCUT2D eigenvalue weighted by Crippen LogP contribution is 2.12. The molecular weight excluding hydrogens is 166 g/mol. The Morgan fingerprint density at radius 2 is 1.92 bits per heavy atom. The van der Waals surface area contributed by atoms with Crippen molar-refractivity contribution >= 4 is 6.09 Å². The quantitative estimate of drug-likeness (QED) is 0.736. The van der Waals surface area contributed by atoms with Crippen molar-refractivity contribution in [1.29, 1.82) is 0 Å². The van der Waals surface area contributed by atoms with E-state index in [1.54, 1.807) is 0 Å². The molecule has 0 radical (unpaired) electrons. The highest BCUT2D eigenvalue weighted by molar-refractivity contribution is 5.67. The zero-order valence-corrected chi connectivity index (χ0v) is 9.31. The molecule has 0 aromatic heterocycles. The van der Waals surface area contributed by atoms with Gasteiger partial charge in [-0.15, -0.1) is 0 Å². The van der Waals surface area contributed by atoms with Crippen molar-refractivity contribution in [1.82, 2.24) is 5.32 Å². The Kier molecular flexibility index (Phi) is 4.81. The second kappa shape index (κ2) is 5.10. The first-order valence-corrected chi connectivity index (χ1v) is 4.72. The predicted octanol–water partition coefficient (Wildman–Crippen LogP) is 2.41. The molecule has 78 valence electrons. The molecule has 0 bridgehead atoms. The van der Waals surface area contributed by atoms with Gasteiger partial charge in [-0.2, -0.15) is 0 Å². The van der Waals surface area contributed by atoms with Gasteiger partial charge in [-0.3, -0.25) is 0 Å². The van der Waals surface area contributed by atoms with Crippen LogP contribution in [0.4, 0.5) is 4.79 Å². The van der Waals surface area contributed by atoms with Crippen LogP contribution in [0.2, 0.25) is 0 Å². The minimum Gasteiger partial charge on any atom is -0.449 e. The molecule has 0 heterocycles. The molecule has 0 saturated carbocycles. The van der Waals surface area contributed by atoms with Crippen molar-refractivity contribution in [3.63, 3.8) is 0 Å². The fraction of sp³-hybridized carbons (Fsp3) is 0.900. The van der Waals surface area contributed by atoms with Crippen molar-refractivity contribution < 1.29 is 9.53 Å². The third-order valence-corrected chi connectivity index (χ3v) is 1.29. The largest absolute Gasteiger partial charge is 0.449 e. The fourth-order valence-corrected chi connectivity index (χ4v) is 0.621. The van der Waals surface area contributed by atoms with E-state index in [2.05, 4.69) is 5.32 Å². The molecule has 0 rings (SSSR count). The van der Waals surface area contributed by atoms with Crippen LogP contribution >= 0.6 is 0 Å². The molecule has 0 aliphatic heterocycles. The summed E-state index contributed by atoms with van der Waals surface area (Å²) in [6, 6.07) is 0. The lowest BCUT2D eigenvalue weighted by molar-refractivity contribution is 0.105. The number of hydrogen-bond donors (Lipinski definition) is 1. The van der Waals surface area contributed by atoms with Gasteiger partial charge < -0.3 is 10.1 Å². The second-order valence-corrected chi connectivity index (χ2v) is 4.91. The number of carbonyl (C=O) groups excluding carboxylic acids is 1. The number of nitrogens with one attached hydrogen (secondary N) is 1. The van der Waals surface area contributed by atoms with Crippen LogP contribution < -0.4 is 5.32 Å². The van der Waals surface area contributed by atoms with Crippen LogP contribution in [-0.4, -0.2) is 19.2 Å². The summed E-state index contributed by atoms with van der Waals surface area (Å²) >= 11 is 0. The summed E-state index contributed by atoms with van der Waals surface area (Å²) in [4.78, 5) is 11.1. The highest BCUT2D eigenvalue weighted by Gasteiger charge is 2.13. The molecule has 0 aliphatic carbocycles. The van der Waals surface area contributed by atoms with E-state index in [0.717, 1.165) is 0 Å². The van der Waals surface area contributed by atoms with Crippen molar-refractivity contribution in [3.05, 3.63) is 0 Å². The van der Waals surface area contributed by atoms with Crippen LogP contribution in [0, 0.1) is 11.3 Å². The van der Waals surface area contributed by atoms with Crippen molar-refractivity contribution in [2.45, 2.75) is 34.6 Å². The molecule has 0 saturated heterocycles. The lowest BCUT2D eigenvalue weighted by atomic mass is 9.99. The summed E-state index contributed by atoms with van der Waals surface area (Å²) in [7, 11) is 0. The molecule has 0 fully saturated rings. The molecule has 1 N–H and O–H groups in total. The normalized spacial score (nSPS) is 11.5. The Hall–Kier alpha value is -0.730. The van der Waals surface area contributed by atoms with Gasteiger partial charge in [0.2, 0.25) is 0 Å². The van der Waals surface area contributed by atoms with Crippen molar-refractivity contribution in [2.75, 3.05) is 13.2 Å². The van der Waals surface area contributed by atoms with Crippen LogP contribution in [0.15, 0.2) is 0 Å². The smallest absolute Gasteiger partial charge is 0.407 e. The van der Waals surface area contributed by atoms with E-state index in [0.29, 0.717) is 19.1 Å². The summed E-state index contributed by atoms with van der Waals surface area (Å²) in [6.07, 6.45) is -0.316. The Labute approximate surface area is 80.8 Å². The fourth-order valence-electron chi connectivity index (χ4n) is 0.621. The topological polar surface area (TPSA) is 38.3 Å². The third-order valence-electron chi connectivity index (χ3n) is 1.29. The average Bonchev–Trinajstić information content (AvgIpc) is 1.95. The predicted molar refractivity (Wildman–Crippen MR) is 53.6 cm³/mol. The lowest BCUT2D eigenvalue weighted by Crippen LogP contribution is -2.30. The van der Waals surface area contributed by atoms with E-state index in [9.17, 15) is 4.79 Å². The molecule has 3 heteroatoms. The molecular formula is C10H21NO2. The maximum absolute atomic E-state index is 11.1. The molecule has 0 unspecified atom stereocenters. The standard InChI is InChI=1S/C10H21NO2/c1-8(2)6-11-9(12)13-7-10(3,4)5/h8H,6-7H2,1-5H3,(H,11,12). The van der Waals surface area contributed by atoms with Gasteiger partial charge in [0.1, 0.15) is 0 Å².